The Balaban J connectivity index is 5.34. The Morgan fingerprint density at radius 1 is 1.09 bits per heavy atom. The van der Waals surface area contributed by atoms with Crippen LogP contribution in [0.3, 0.4) is 0 Å². The Morgan fingerprint density at radius 2 is 1.62 bits per heavy atom. The average molecular weight is 502 g/mol. The molecule has 0 radical (unpaired) electrons. The lowest BCUT2D eigenvalue weighted by atomic mass is 10.1. The van der Waals surface area contributed by atoms with E-state index in [1.165, 1.54) is 34.6 Å². The number of amides is 2. The summed E-state index contributed by atoms with van der Waals surface area (Å²) in [6.07, 6.45) is -3.84. The third kappa shape index (κ3) is 13.9. The maximum atomic E-state index is 12.0. The third-order valence-corrected chi connectivity index (χ3v) is 5.61. The number of nitrogens with one attached hydrogen (secondary N) is 1. The second-order valence-corrected chi connectivity index (χ2v) is 9.74. The molecular weight excluding hydrogens is 472 g/mol. The molecule has 5 atom stereocenters. The Hall–Kier alpha value is -1.34. The summed E-state index contributed by atoms with van der Waals surface area (Å²) in [6.45, 7) is 6.25. The number of hydrogen-bond donors (Lipinski definition) is 3. The Morgan fingerprint density at radius 3 is 2.12 bits per heavy atom. The SMILES string of the molecule is CC(C)OP(=O)([O-])OC[C@@H](O)[C@@H](C/C=[NH+]\C(=O)/N=C(/N)C(C)C=O)OP(=O)([O-])OC(C)C. The van der Waals surface area contributed by atoms with Crippen LogP contribution in [0.15, 0.2) is 4.99 Å². The minimum Gasteiger partial charge on any atom is -0.756 e. The molecule has 2 amide bonds. The van der Waals surface area contributed by atoms with Gasteiger partial charge in [-0.05, 0) is 34.6 Å². The molecule has 0 saturated carbocycles. The van der Waals surface area contributed by atoms with Gasteiger partial charge in [0.25, 0.3) is 15.6 Å². The summed E-state index contributed by atoms with van der Waals surface area (Å²) in [6, 6.07) is -0.973. The van der Waals surface area contributed by atoms with Gasteiger partial charge in [0.1, 0.15) is 18.5 Å². The maximum Gasteiger partial charge on any atom is 0.538 e. The zero-order chi connectivity index (χ0) is 25.1. The summed E-state index contributed by atoms with van der Waals surface area (Å²) >= 11 is 0. The molecule has 0 fully saturated rings. The van der Waals surface area contributed by atoms with Gasteiger partial charge < -0.3 is 43.5 Å². The minimum absolute atomic E-state index is 0.252. The highest BCUT2D eigenvalue weighted by Gasteiger charge is 2.28. The summed E-state index contributed by atoms with van der Waals surface area (Å²) in [5.41, 5.74) is 5.45. The molecular formula is C16H30N3O11P2-. The van der Waals surface area contributed by atoms with Crippen molar-refractivity contribution in [2.45, 2.75) is 65.5 Å². The van der Waals surface area contributed by atoms with E-state index in [1.54, 1.807) is 0 Å². The van der Waals surface area contributed by atoms with Crippen molar-refractivity contribution >= 4 is 40.0 Å². The van der Waals surface area contributed by atoms with Gasteiger partial charge in [0.05, 0.1) is 30.9 Å². The van der Waals surface area contributed by atoms with Crippen molar-refractivity contribution in [2.75, 3.05) is 6.61 Å². The number of phosphoric ester groups is 2. The molecule has 0 aliphatic heterocycles. The van der Waals surface area contributed by atoms with E-state index < -0.39 is 65.0 Å². The molecule has 14 nitrogen and oxygen atoms in total. The average Bonchev–Trinajstić information content (AvgIpc) is 2.62. The van der Waals surface area contributed by atoms with Crippen molar-refractivity contribution in [1.29, 1.82) is 0 Å². The summed E-state index contributed by atoms with van der Waals surface area (Å²) in [7, 11) is -9.68. The summed E-state index contributed by atoms with van der Waals surface area (Å²) < 4.78 is 42.2. The highest BCUT2D eigenvalue weighted by atomic mass is 31.2. The number of amidine groups is 1. The second-order valence-electron chi connectivity index (χ2n) is 7.06. The predicted molar refractivity (Wildman–Crippen MR) is 108 cm³/mol. The molecule has 0 aromatic carbocycles. The number of nitrogens with two attached hydrogens (primary N) is 1. The van der Waals surface area contributed by atoms with Gasteiger partial charge in [-0.15, -0.1) is 0 Å². The van der Waals surface area contributed by atoms with E-state index >= 15 is 0 Å². The van der Waals surface area contributed by atoms with Gasteiger partial charge in [-0.1, -0.05) is 0 Å². The summed E-state index contributed by atoms with van der Waals surface area (Å²) in [5, 5.41) is 10.2. The second kappa shape index (κ2) is 14.0. The number of aliphatic imine (C=N–C) groups is 1. The van der Waals surface area contributed by atoms with Gasteiger partial charge in [-0.25, -0.2) is 4.99 Å². The first kappa shape index (κ1) is 30.7. The molecule has 0 heterocycles. The monoisotopic (exact) mass is 502 g/mol. The van der Waals surface area contributed by atoms with Crippen LogP contribution in [-0.4, -0.2) is 60.5 Å². The van der Waals surface area contributed by atoms with E-state index in [4.69, 9.17) is 10.3 Å². The predicted octanol–water partition coefficient (Wildman–Crippen LogP) is -1.61. The first-order valence-electron chi connectivity index (χ1n) is 9.50. The van der Waals surface area contributed by atoms with Gasteiger partial charge >= 0.3 is 6.03 Å². The van der Waals surface area contributed by atoms with Crippen molar-refractivity contribution in [3.8, 4) is 0 Å². The first-order valence-corrected chi connectivity index (χ1v) is 12.4. The highest BCUT2D eigenvalue weighted by molar-refractivity contribution is 7.46. The van der Waals surface area contributed by atoms with Crippen LogP contribution in [0.25, 0.3) is 0 Å². The lowest BCUT2D eigenvalue weighted by Gasteiger charge is -2.32. The summed E-state index contributed by atoms with van der Waals surface area (Å²) in [5.74, 6) is -1.05. The number of rotatable bonds is 14. The molecule has 16 heteroatoms. The number of urea groups is 1. The number of hydrogen-bond acceptors (Lipinski definition) is 11. The molecule has 0 saturated heterocycles. The van der Waals surface area contributed by atoms with Crippen molar-refractivity contribution in [1.82, 2.24) is 0 Å². The van der Waals surface area contributed by atoms with E-state index in [0.717, 1.165) is 6.21 Å². The number of aldehydes is 1. The van der Waals surface area contributed by atoms with E-state index in [1.807, 2.05) is 0 Å². The smallest absolute Gasteiger partial charge is 0.538 e. The Bertz CT molecular complexity index is 772. The van der Waals surface area contributed by atoms with Crippen molar-refractivity contribution in [2.24, 2.45) is 16.6 Å². The molecule has 0 aromatic heterocycles. The zero-order valence-electron chi connectivity index (χ0n) is 18.4. The molecule has 32 heavy (non-hydrogen) atoms. The lowest BCUT2D eigenvalue weighted by molar-refractivity contribution is -0.335. The Labute approximate surface area is 186 Å². The molecule has 4 N–H and O–H groups in total. The van der Waals surface area contributed by atoms with Crippen LogP contribution in [0.1, 0.15) is 41.0 Å². The van der Waals surface area contributed by atoms with Gasteiger partial charge in [0.15, 0.2) is 0 Å². The number of aliphatic hydroxyl groups is 1. The topological polar surface area (TPSA) is 224 Å². The molecule has 0 aliphatic rings. The zero-order valence-corrected chi connectivity index (χ0v) is 20.2. The highest BCUT2D eigenvalue weighted by Crippen LogP contribution is 2.43. The van der Waals surface area contributed by atoms with Gasteiger partial charge in [-0.3, -0.25) is 9.13 Å². The van der Waals surface area contributed by atoms with E-state index in [2.05, 4.69) is 23.6 Å². The number of carbonyl (C=O) groups is 2. The quantitative estimate of drug-likeness (QED) is 0.106. The fourth-order valence-electron chi connectivity index (χ4n) is 1.87. The van der Waals surface area contributed by atoms with Gasteiger partial charge in [-0.2, -0.15) is 4.79 Å². The van der Waals surface area contributed by atoms with Crippen LogP contribution in [0.2, 0.25) is 0 Å². The van der Waals surface area contributed by atoms with Crippen LogP contribution < -0.4 is 20.5 Å². The minimum atomic E-state index is -4.91. The standard InChI is InChI=1S/C16H31N3O11P2/c1-10(2)28-31(23,24)27-9-13(21)14(30-32(25,26)29-11(3)4)6-7-18-16(22)19-15(17)12(5)8-20/h7-8,10-14,21H,6,9H2,1-5H3,(H,23,24)(H,25,26)(H2,17,19,22)/p-1/b18-7-/t12?,13-,14-/m1/s1. The van der Waals surface area contributed by atoms with Crippen molar-refractivity contribution in [3.63, 3.8) is 0 Å². The number of carbonyl (C=O) groups excluding carboxylic acids is 2. The van der Waals surface area contributed by atoms with Crippen molar-refractivity contribution < 1.29 is 56.7 Å². The lowest BCUT2D eigenvalue weighted by Crippen LogP contribution is -2.73. The van der Waals surface area contributed by atoms with Gasteiger partial charge in [0, 0.05) is 11.4 Å². The van der Waals surface area contributed by atoms with Crippen LogP contribution in [-0.2, 0) is 32.0 Å². The van der Waals surface area contributed by atoms with Crippen molar-refractivity contribution in [3.05, 3.63) is 0 Å². The molecule has 0 aromatic rings. The normalized spacial score (nSPS) is 19.5. The third-order valence-electron chi connectivity index (χ3n) is 3.25. The number of nitrogens with zero attached hydrogens (tertiary/aromatic N) is 1. The van der Waals surface area contributed by atoms with E-state index in [9.17, 15) is 33.6 Å². The number of phosphoric acid groups is 2. The maximum absolute atomic E-state index is 12.0. The largest absolute Gasteiger partial charge is 0.756 e. The fraction of sp³-hybridized carbons (Fsp3) is 0.750. The molecule has 0 aliphatic carbocycles. The molecule has 186 valence electrons. The van der Waals surface area contributed by atoms with E-state index in [0.29, 0.717) is 6.29 Å². The van der Waals surface area contributed by atoms with Gasteiger partial charge in [0.2, 0.25) is 5.84 Å². The van der Waals surface area contributed by atoms with Crippen LogP contribution >= 0.6 is 15.6 Å². The molecule has 0 bridgehead atoms. The van der Waals surface area contributed by atoms with Crippen LogP contribution in [0.5, 0.6) is 0 Å². The van der Waals surface area contributed by atoms with E-state index in [-0.39, 0.29) is 5.84 Å². The van der Waals surface area contributed by atoms with Crippen LogP contribution in [0, 0.1) is 5.92 Å². The first-order chi connectivity index (χ1) is 14.6. The summed E-state index contributed by atoms with van der Waals surface area (Å²) in [4.78, 5) is 51.6. The molecule has 0 rings (SSSR count). The molecule has 0 spiro atoms. The fourth-order valence-corrected chi connectivity index (χ4v) is 3.90. The van der Waals surface area contributed by atoms with Crippen LogP contribution in [0.4, 0.5) is 4.79 Å². The molecule has 3 unspecified atom stereocenters. The number of aliphatic hydroxyl groups excluding tert-OH is 1. The Kier molecular flexibility index (Phi) is 13.4.